The van der Waals surface area contributed by atoms with Crippen LogP contribution in [0.15, 0.2) is 48.5 Å². The maximum atomic E-state index is 5.83. The van der Waals surface area contributed by atoms with Gasteiger partial charge >= 0.3 is 0 Å². The van der Waals surface area contributed by atoms with Crippen molar-refractivity contribution in [3.8, 4) is 11.5 Å². The molecule has 0 aliphatic heterocycles. The van der Waals surface area contributed by atoms with Crippen LogP contribution in [0.1, 0.15) is 12.5 Å². The summed E-state index contributed by atoms with van der Waals surface area (Å²) >= 11 is 5.83. The largest absolute Gasteiger partial charge is 0.457 e. The summed E-state index contributed by atoms with van der Waals surface area (Å²) in [6.07, 6.45) is 0.845. The van der Waals surface area contributed by atoms with Crippen LogP contribution in [0, 0.1) is 0 Å². The summed E-state index contributed by atoms with van der Waals surface area (Å²) in [7, 11) is 0. The Hall–Kier alpha value is -1.51. The van der Waals surface area contributed by atoms with Crippen molar-refractivity contribution in [3.63, 3.8) is 0 Å². The molecule has 2 nitrogen and oxygen atoms in total. The number of hydrogen-bond acceptors (Lipinski definition) is 2. The van der Waals surface area contributed by atoms with Crippen molar-refractivity contribution in [3.05, 3.63) is 59.1 Å². The van der Waals surface area contributed by atoms with Gasteiger partial charge in [-0.25, -0.2) is 0 Å². The molecule has 2 N–H and O–H groups in total. The molecule has 0 bridgehead atoms. The van der Waals surface area contributed by atoms with E-state index in [1.165, 1.54) is 5.56 Å². The van der Waals surface area contributed by atoms with Crippen LogP contribution in [-0.2, 0) is 6.42 Å². The molecule has 0 saturated heterocycles. The molecule has 94 valence electrons. The summed E-state index contributed by atoms with van der Waals surface area (Å²) in [5.41, 5.74) is 6.97. The number of hydrogen-bond donors (Lipinski definition) is 1. The lowest BCUT2D eigenvalue weighted by Gasteiger charge is -2.09. The second kappa shape index (κ2) is 5.89. The van der Waals surface area contributed by atoms with Crippen LogP contribution >= 0.6 is 11.6 Å². The molecule has 18 heavy (non-hydrogen) atoms. The topological polar surface area (TPSA) is 35.2 Å². The van der Waals surface area contributed by atoms with E-state index in [9.17, 15) is 0 Å². The van der Waals surface area contributed by atoms with E-state index in [4.69, 9.17) is 22.1 Å². The Morgan fingerprint density at radius 3 is 2.50 bits per heavy atom. The summed E-state index contributed by atoms with van der Waals surface area (Å²) in [4.78, 5) is 0. The van der Waals surface area contributed by atoms with Crippen LogP contribution in [0.2, 0.25) is 5.02 Å². The Morgan fingerprint density at radius 2 is 1.83 bits per heavy atom. The lowest BCUT2D eigenvalue weighted by Crippen LogP contribution is -2.17. The van der Waals surface area contributed by atoms with E-state index in [1.54, 1.807) is 0 Å². The van der Waals surface area contributed by atoms with E-state index in [-0.39, 0.29) is 6.04 Å². The molecule has 0 aliphatic rings. The van der Waals surface area contributed by atoms with Gasteiger partial charge in [-0.2, -0.15) is 0 Å². The molecule has 2 aromatic carbocycles. The quantitative estimate of drug-likeness (QED) is 0.902. The predicted molar refractivity (Wildman–Crippen MR) is 75.3 cm³/mol. The maximum Gasteiger partial charge on any atom is 0.127 e. The van der Waals surface area contributed by atoms with Crippen molar-refractivity contribution in [1.82, 2.24) is 0 Å². The molecule has 1 unspecified atom stereocenters. The van der Waals surface area contributed by atoms with Gasteiger partial charge in [0.05, 0.1) is 0 Å². The molecule has 0 aromatic heterocycles. The summed E-state index contributed by atoms with van der Waals surface area (Å²) in [5, 5.41) is 0.702. The monoisotopic (exact) mass is 261 g/mol. The summed E-state index contributed by atoms with van der Waals surface area (Å²) in [6.45, 7) is 1.99. The van der Waals surface area contributed by atoms with E-state index in [0.717, 1.165) is 17.9 Å². The molecule has 0 aliphatic carbocycles. The first-order valence-corrected chi connectivity index (χ1v) is 6.29. The van der Waals surface area contributed by atoms with Gasteiger partial charge in [0, 0.05) is 11.1 Å². The van der Waals surface area contributed by atoms with Crippen molar-refractivity contribution in [2.45, 2.75) is 19.4 Å². The zero-order valence-corrected chi connectivity index (χ0v) is 11.0. The lowest BCUT2D eigenvalue weighted by atomic mass is 10.1. The van der Waals surface area contributed by atoms with Gasteiger partial charge in [0.25, 0.3) is 0 Å². The maximum absolute atomic E-state index is 5.83. The van der Waals surface area contributed by atoms with Crippen molar-refractivity contribution in [2.75, 3.05) is 0 Å². The van der Waals surface area contributed by atoms with Crippen LogP contribution in [0.4, 0.5) is 0 Å². The molecule has 0 amide bonds. The Balaban J connectivity index is 2.11. The minimum atomic E-state index is 0.149. The van der Waals surface area contributed by atoms with E-state index in [0.29, 0.717) is 5.02 Å². The fraction of sp³-hybridized carbons (Fsp3) is 0.200. The second-order valence-electron chi connectivity index (χ2n) is 4.38. The van der Waals surface area contributed by atoms with Crippen LogP contribution in [0.3, 0.4) is 0 Å². The zero-order valence-electron chi connectivity index (χ0n) is 10.3. The van der Waals surface area contributed by atoms with Crippen molar-refractivity contribution < 1.29 is 4.74 Å². The minimum Gasteiger partial charge on any atom is -0.457 e. The number of rotatable bonds is 4. The Labute approximate surface area is 112 Å². The first kappa shape index (κ1) is 12.9. The molecular formula is C15H16ClNO. The van der Waals surface area contributed by atoms with Gasteiger partial charge in [-0.1, -0.05) is 23.7 Å². The third-order valence-electron chi connectivity index (χ3n) is 2.51. The Morgan fingerprint density at radius 1 is 1.11 bits per heavy atom. The van der Waals surface area contributed by atoms with Gasteiger partial charge in [0.2, 0.25) is 0 Å². The smallest absolute Gasteiger partial charge is 0.127 e. The molecule has 3 heteroatoms. The summed E-state index contributed by atoms with van der Waals surface area (Å²) in [5.74, 6) is 1.59. The number of nitrogens with two attached hydrogens (primary N) is 1. The van der Waals surface area contributed by atoms with Crippen molar-refractivity contribution in [1.29, 1.82) is 0 Å². The average Bonchev–Trinajstić information content (AvgIpc) is 2.32. The van der Waals surface area contributed by atoms with Gasteiger partial charge < -0.3 is 10.5 Å². The minimum absolute atomic E-state index is 0.149. The van der Waals surface area contributed by atoms with E-state index < -0.39 is 0 Å². The van der Waals surface area contributed by atoms with E-state index in [1.807, 2.05) is 49.4 Å². The standard InChI is InChI=1S/C15H16ClNO/c1-11(17)9-12-3-2-4-15(10-12)18-14-7-5-13(16)6-8-14/h2-8,10-11H,9,17H2,1H3. The highest BCUT2D eigenvalue weighted by Crippen LogP contribution is 2.24. The molecular weight excluding hydrogens is 246 g/mol. The third kappa shape index (κ3) is 3.76. The van der Waals surface area contributed by atoms with Gasteiger partial charge in [-0.3, -0.25) is 0 Å². The van der Waals surface area contributed by atoms with E-state index >= 15 is 0 Å². The highest BCUT2D eigenvalue weighted by molar-refractivity contribution is 6.30. The molecule has 0 fully saturated rings. The van der Waals surface area contributed by atoms with Gasteiger partial charge in [-0.15, -0.1) is 0 Å². The van der Waals surface area contributed by atoms with Crippen LogP contribution in [-0.4, -0.2) is 6.04 Å². The average molecular weight is 262 g/mol. The van der Waals surface area contributed by atoms with Gasteiger partial charge in [0.1, 0.15) is 11.5 Å². The zero-order chi connectivity index (χ0) is 13.0. The Bertz CT molecular complexity index is 508. The van der Waals surface area contributed by atoms with Crippen LogP contribution in [0.5, 0.6) is 11.5 Å². The number of halogens is 1. The number of ether oxygens (including phenoxy) is 1. The van der Waals surface area contributed by atoms with Gasteiger partial charge in [-0.05, 0) is 55.3 Å². The SMILES string of the molecule is CC(N)Cc1cccc(Oc2ccc(Cl)cc2)c1. The van der Waals surface area contributed by atoms with Crippen molar-refractivity contribution >= 4 is 11.6 Å². The van der Waals surface area contributed by atoms with Crippen molar-refractivity contribution in [2.24, 2.45) is 5.73 Å². The molecule has 0 spiro atoms. The van der Waals surface area contributed by atoms with Crippen LogP contribution in [0.25, 0.3) is 0 Å². The molecule has 0 radical (unpaired) electrons. The second-order valence-corrected chi connectivity index (χ2v) is 4.82. The Kier molecular flexibility index (Phi) is 4.24. The molecule has 1 atom stereocenters. The fourth-order valence-corrected chi connectivity index (χ4v) is 1.87. The normalized spacial score (nSPS) is 12.2. The molecule has 0 heterocycles. The first-order valence-electron chi connectivity index (χ1n) is 5.91. The predicted octanol–water partition coefficient (Wildman–Crippen LogP) is 4.02. The molecule has 0 saturated carbocycles. The highest BCUT2D eigenvalue weighted by Gasteiger charge is 2.01. The lowest BCUT2D eigenvalue weighted by molar-refractivity contribution is 0.481. The fourth-order valence-electron chi connectivity index (χ4n) is 1.75. The molecule has 2 rings (SSSR count). The highest BCUT2D eigenvalue weighted by atomic mass is 35.5. The number of benzene rings is 2. The third-order valence-corrected chi connectivity index (χ3v) is 2.76. The van der Waals surface area contributed by atoms with Gasteiger partial charge in [0.15, 0.2) is 0 Å². The first-order chi connectivity index (χ1) is 8.63. The molecule has 2 aromatic rings. The summed E-state index contributed by atoms with van der Waals surface area (Å²) < 4.78 is 5.76. The van der Waals surface area contributed by atoms with Crippen LogP contribution < -0.4 is 10.5 Å². The summed E-state index contributed by atoms with van der Waals surface area (Å²) in [6, 6.07) is 15.4. The van der Waals surface area contributed by atoms with E-state index in [2.05, 4.69) is 6.07 Å².